The van der Waals surface area contributed by atoms with E-state index in [9.17, 15) is 0 Å². The monoisotopic (exact) mass is 454 g/mol. The Bertz CT molecular complexity index is 734. The van der Waals surface area contributed by atoms with Crippen LogP contribution in [0.5, 0.6) is 0 Å². The summed E-state index contributed by atoms with van der Waals surface area (Å²) >= 11 is 0. The first-order valence-corrected chi connectivity index (χ1v) is 9.20. The van der Waals surface area contributed by atoms with E-state index in [4.69, 9.17) is 0 Å². The van der Waals surface area contributed by atoms with Crippen LogP contribution in [-0.4, -0.2) is 9.97 Å². The average molecular weight is 454 g/mol. The standard InChI is InChI=1S/C17H16N4.C3H8.C2H6.CH3.Y/c1-13-12-18-17(20-15-10-6-3-7-11-15)21-16(13)19-14-8-4-2-5-9-14;1-3-2;1-2;;/h2-12H,1H3,(H2,18,19,20,21);3H2,1-2H3;1-2H3;1H3;/q;;;-1;. The summed E-state index contributed by atoms with van der Waals surface area (Å²) in [4.78, 5) is 8.84. The average Bonchev–Trinajstić information content (AvgIpc) is 2.68. The van der Waals surface area contributed by atoms with Gasteiger partial charge in [0, 0.05) is 55.8 Å². The van der Waals surface area contributed by atoms with Crippen molar-refractivity contribution >= 4 is 23.1 Å². The van der Waals surface area contributed by atoms with E-state index in [0.29, 0.717) is 5.95 Å². The van der Waals surface area contributed by atoms with Crippen LogP contribution < -0.4 is 10.6 Å². The van der Waals surface area contributed by atoms with Crippen molar-refractivity contribution < 1.29 is 32.7 Å². The van der Waals surface area contributed by atoms with Crippen molar-refractivity contribution in [1.82, 2.24) is 9.97 Å². The van der Waals surface area contributed by atoms with Crippen molar-refractivity contribution in [3.8, 4) is 0 Å². The Morgan fingerprint density at radius 1 is 0.786 bits per heavy atom. The van der Waals surface area contributed by atoms with E-state index in [2.05, 4.69) is 34.4 Å². The summed E-state index contributed by atoms with van der Waals surface area (Å²) < 4.78 is 0. The van der Waals surface area contributed by atoms with Crippen LogP contribution in [0.15, 0.2) is 66.9 Å². The summed E-state index contributed by atoms with van der Waals surface area (Å²) in [5.74, 6) is 1.37. The third-order valence-electron chi connectivity index (χ3n) is 3.04. The number of anilines is 4. The third-order valence-corrected chi connectivity index (χ3v) is 3.04. The molecule has 0 fully saturated rings. The first kappa shape index (κ1) is 28.4. The predicted octanol–water partition coefficient (Wildman–Crippen LogP) is 7.16. The van der Waals surface area contributed by atoms with E-state index in [-0.39, 0.29) is 40.1 Å². The zero-order chi connectivity index (χ0) is 19.2. The minimum atomic E-state index is 0. The van der Waals surface area contributed by atoms with Gasteiger partial charge in [0.1, 0.15) is 5.82 Å². The number of hydrogen-bond donors (Lipinski definition) is 2. The number of hydrogen-bond acceptors (Lipinski definition) is 4. The normalized spacial score (nSPS) is 8.46. The summed E-state index contributed by atoms with van der Waals surface area (Å²) in [6.07, 6.45) is 3.06. The molecule has 0 saturated heterocycles. The molecule has 1 heterocycles. The van der Waals surface area contributed by atoms with Gasteiger partial charge in [0.25, 0.3) is 0 Å². The van der Waals surface area contributed by atoms with Crippen LogP contribution in [0.3, 0.4) is 0 Å². The molecule has 4 nitrogen and oxygen atoms in total. The van der Waals surface area contributed by atoms with Gasteiger partial charge in [-0.05, 0) is 31.2 Å². The first-order valence-electron chi connectivity index (χ1n) is 9.20. The van der Waals surface area contributed by atoms with Crippen LogP contribution in [-0.2, 0) is 32.7 Å². The molecule has 0 unspecified atom stereocenters. The van der Waals surface area contributed by atoms with Crippen LogP contribution in [0.4, 0.5) is 23.1 Å². The van der Waals surface area contributed by atoms with Gasteiger partial charge in [-0.2, -0.15) is 4.98 Å². The summed E-state index contributed by atoms with van der Waals surface area (Å²) in [6, 6.07) is 19.9. The van der Waals surface area contributed by atoms with Gasteiger partial charge >= 0.3 is 0 Å². The molecule has 0 aliphatic rings. The molecule has 0 aliphatic heterocycles. The Labute approximate surface area is 196 Å². The van der Waals surface area contributed by atoms with Gasteiger partial charge in [0.15, 0.2) is 0 Å². The fourth-order valence-electron chi connectivity index (χ4n) is 1.94. The number of nitrogens with zero attached hydrogens (tertiary/aromatic N) is 2. The summed E-state index contributed by atoms with van der Waals surface area (Å²) in [7, 11) is 0. The molecule has 3 rings (SSSR count). The molecule has 2 aromatic carbocycles. The molecule has 1 radical (unpaired) electrons. The van der Waals surface area contributed by atoms with Crippen LogP contribution in [0.25, 0.3) is 0 Å². The van der Waals surface area contributed by atoms with Crippen molar-refractivity contribution in [3.63, 3.8) is 0 Å². The Balaban J connectivity index is 0. The Kier molecular flexibility index (Phi) is 17.6. The molecule has 0 aliphatic carbocycles. The molecule has 0 atom stereocenters. The smallest absolute Gasteiger partial charge is 0.229 e. The summed E-state index contributed by atoms with van der Waals surface area (Å²) in [5.41, 5.74) is 2.97. The fourth-order valence-corrected chi connectivity index (χ4v) is 1.94. The number of aromatic nitrogens is 2. The van der Waals surface area contributed by atoms with Gasteiger partial charge in [-0.1, -0.05) is 70.5 Å². The van der Waals surface area contributed by atoms with Crippen LogP contribution >= 0.6 is 0 Å². The Morgan fingerprint density at radius 3 is 1.68 bits per heavy atom. The van der Waals surface area contributed by atoms with E-state index in [1.54, 1.807) is 0 Å². The zero-order valence-electron chi connectivity index (χ0n) is 18.0. The maximum atomic E-state index is 4.53. The van der Waals surface area contributed by atoms with E-state index in [1.807, 2.05) is 87.6 Å². The SMILES string of the molecule is CC.CCC.Cc1cnc(Nc2ccccc2)nc1Nc1ccccc1.[CH3-].[Y]. The van der Waals surface area contributed by atoms with Gasteiger partial charge < -0.3 is 18.1 Å². The summed E-state index contributed by atoms with van der Waals surface area (Å²) in [5, 5.41) is 6.50. The first-order chi connectivity index (χ1) is 12.7. The Morgan fingerprint density at radius 2 is 1.21 bits per heavy atom. The molecule has 28 heavy (non-hydrogen) atoms. The molecular weight excluding hydrogens is 421 g/mol. The molecule has 3 aromatic rings. The van der Waals surface area contributed by atoms with Gasteiger partial charge in [-0.15, -0.1) is 0 Å². The third kappa shape index (κ3) is 10.5. The predicted molar refractivity (Wildman–Crippen MR) is 120 cm³/mol. The quantitative estimate of drug-likeness (QED) is 0.411. The van der Waals surface area contributed by atoms with Crippen molar-refractivity contribution in [2.24, 2.45) is 0 Å². The maximum Gasteiger partial charge on any atom is 0.229 e. The second-order valence-corrected chi connectivity index (χ2v) is 5.41. The van der Waals surface area contributed by atoms with Gasteiger partial charge in [0.2, 0.25) is 5.95 Å². The van der Waals surface area contributed by atoms with Crippen LogP contribution in [0.2, 0.25) is 0 Å². The molecule has 0 amide bonds. The van der Waals surface area contributed by atoms with Crippen molar-refractivity contribution in [3.05, 3.63) is 79.9 Å². The number of nitrogens with one attached hydrogen (secondary N) is 2. The van der Waals surface area contributed by atoms with Gasteiger partial charge in [-0.25, -0.2) is 4.98 Å². The van der Waals surface area contributed by atoms with E-state index < -0.39 is 0 Å². The van der Waals surface area contributed by atoms with Crippen LogP contribution in [0, 0.1) is 14.4 Å². The van der Waals surface area contributed by atoms with Crippen LogP contribution in [0.1, 0.15) is 39.7 Å². The van der Waals surface area contributed by atoms with E-state index >= 15 is 0 Å². The second kappa shape index (κ2) is 17.3. The number of para-hydroxylation sites is 2. The minimum Gasteiger partial charge on any atom is -0.358 e. The topological polar surface area (TPSA) is 49.8 Å². The molecule has 0 spiro atoms. The van der Waals surface area contributed by atoms with Crippen molar-refractivity contribution in [1.29, 1.82) is 0 Å². The molecule has 149 valence electrons. The number of aryl methyl sites for hydroxylation is 1. The molecule has 1 aromatic heterocycles. The maximum absolute atomic E-state index is 4.53. The molecule has 2 N–H and O–H groups in total. The largest absolute Gasteiger partial charge is 0.358 e. The molecule has 0 saturated carbocycles. The molecule has 0 bridgehead atoms. The van der Waals surface area contributed by atoms with E-state index in [0.717, 1.165) is 22.8 Å². The molecular formula is C23H33N4Y-. The van der Waals surface area contributed by atoms with Crippen molar-refractivity contribution in [2.75, 3.05) is 10.6 Å². The number of benzene rings is 2. The van der Waals surface area contributed by atoms with E-state index in [1.165, 1.54) is 6.42 Å². The fraction of sp³-hybridized carbons (Fsp3) is 0.261. The van der Waals surface area contributed by atoms with Gasteiger partial charge in [0.05, 0.1) is 0 Å². The zero-order valence-corrected chi connectivity index (χ0v) is 20.9. The Hall–Kier alpha value is -1.78. The minimum absolute atomic E-state index is 0. The van der Waals surface area contributed by atoms with Crippen molar-refractivity contribution in [2.45, 2.75) is 41.0 Å². The molecule has 5 heteroatoms. The van der Waals surface area contributed by atoms with Gasteiger partial charge in [-0.3, -0.25) is 0 Å². The number of rotatable bonds is 4. The second-order valence-electron chi connectivity index (χ2n) is 5.41. The summed E-state index contributed by atoms with van der Waals surface area (Å²) in [6.45, 7) is 10.2.